The fourth-order valence-corrected chi connectivity index (χ4v) is 6.43. The van der Waals surface area contributed by atoms with Crippen LogP contribution in [0.2, 0.25) is 0 Å². The van der Waals surface area contributed by atoms with Crippen molar-refractivity contribution in [3.63, 3.8) is 0 Å². The summed E-state index contributed by atoms with van der Waals surface area (Å²) in [7, 11) is 0. The highest BCUT2D eigenvalue weighted by molar-refractivity contribution is 6.19. The predicted molar refractivity (Wildman–Crippen MR) is 139 cm³/mol. The van der Waals surface area contributed by atoms with Crippen LogP contribution in [0.4, 0.5) is 8.78 Å². The zero-order valence-electron chi connectivity index (χ0n) is 21.5. The van der Waals surface area contributed by atoms with E-state index in [2.05, 4.69) is 20.7 Å². The normalized spacial score (nSPS) is 29.4. The lowest BCUT2D eigenvalue weighted by Gasteiger charge is -2.39. The summed E-state index contributed by atoms with van der Waals surface area (Å²) in [5.41, 5.74) is 4.73. The molecule has 0 amide bonds. The average Bonchev–Trinajstić information content (AvgIpc) is 3.39. The van der Waals surface area contributed by atoms with Crippen molar-refractivity contribution in [1.82, 2.24) is 20.7 Å². The molecule has 5 aliphatic heterocycles. The maximum Gasteiger partial charge on any atom is 0.314 e. The number of hydrogen-bond acceptors (Lipinski definition) is 9. The van der Waals surface area contributed by atoms with Gasteiger partial charge in [0.1, 0.15) is 35.7 Å². The number of aliphatic imine (C=N–C) groups is 2. The zero-order chi connectivity index (χ0) is 26.5. The van der Waals surface area contributed by atoms with Gasteiger partial charge in [-0.05, 0) is 82.8 Å². The summed E-state index contributed by atoms with van der Waals surface area (Å²) < 4.78 is 36.8. The Hall–Kier alpha value is -3.02. The second-order valence-corrected chi connectivity index (χ2v) is 11.2. The van der Waals surface area contributed by atoms with Crippen LogP contribution in [-0.4, -0.2) is 81.8 Å². The van der Waals surface area contributed by atoms with Gasteiger partial charge in [0.15, 0.2) is 5.83 Å². The van der Waals surface area contributed by atoms with Gasteiger partial charge in [-0.25, -0.2) is 13.8 Å². The topological polar surface area (TPSA) is 105 Å². The van der Waals surface area contributed by atoms with E-state index in [0.717, 1.165) is 57.3 Å². The zero-order valence-corrected chi connectivity index (χ0v) is 21.5. The lowest BCUT2D eigenvalue weighted by molar-refractivity contribution is -0.0233. The molecular formula is C27H34F2N6O3. The molecule has 3 fully saturated rings. The van der Waals surface area contributed by atoms with Crippen molar-refractivity contribution in [2.75, 3.05) is 32.8 Å². The summed E-state index contributed by atoms with van der Waals surface area (Å²) in [4.78, 5) is 13.8. The number of likely N-dealkylation sites (tertiary alicyclic amines) is 1. The van der Waals surface area contributed by atoms with Crippen LogP contribution in [0.5, 0.6) is 5.75 Å². The second kappa shape index (κ2) is 9.62. The minimum atomic E-state index is -0.861. The number of halogens is 2. The van der Waals surface area contributed by atoms with Gasteiger partial charge >= 0.3 is 6.02 Å². The molecule has 11 heteroatoms. The minimum Gasteiger partial charge on any atom is -0.508 e. The number of nitrogens with zero attached hydrogens (tertiary/aromatic N) is 4. The molecule has 2 atom stereocenters. The Labute approximate surface area is 220 Å². The maximum absolute atomic E-state index is 16.0. The highest BCUT2D eigenvalue weighted by Gasteiger charge is 2.45. The highest BCUT2D eigenvalue weighted by atomic mass is 19.1. The average molecular weight is 529 g/mol. The van der Waals surface area contributed by atoms with Crippen molar-refractivity contribution in [2.45, 2.75) is 62.8 Å². The first-order valence-corrected chi connectivity index (χ1v) is 13.4. The highest BCUT2D eigenvalue weighted by Crippen LogP contribution is 2.39. The molecule has 0 saturated carbocycles. The van der Waals surface area contributed by atoms with Crippen LogP contribution >= 0.6 is 0 Å². The first-order chi connectivity index (χ1) is 18.2. The van der Waals surface area contributed by atoms with Crippen molar-refractivity contribution in [3.8, 4) is 5.75 Å². The van der Waals surface area contributed by atoms with Gasteiger partial charge in [-0.2, -0.15) is 4.99 Å². The number of benzene rings is 1. The van der Waals surface area contributed by atoms with E-state index in [1.807, 2.05) is 4.90 Å². The molecule has 1 aromatic rings. The minimum absolute atomic E-state index is 0.0494. The molecule has 6 rings (SSSR count). The van der Waals surface area contributed by atoms with Gasteiger partial charge in [0.05, 0.1) is 16.8 Å². The van der Waals surface area contributed by atoms with Gasteiger partial charge in [-0.15, -0.1) is 0 Å². The van der Waals surface area contributed by atoms with Gasteiger partial charge < -0.3 is 14.9 Å². The van der Waals surface area contributed by atoms with Crippen LogP contribution < -0.4 is 10.9 Å². The number of ether oxygens (including phenoxy) is 1. The number of fused-ring (bicyclic) bond motifs is 2. The van der Waals surface area contributed by atoms with Crippen molar-refractivity contribution in [1.29, 1.82) is 0 Å². The van der Waals surface area contributed by atoms with Crippen molar-refractivity contribution < 1.29 is 23.7 Å². The summed E-state index contributed by atoms with van der Waals surface area (Å²) in [6.07, 6.45) is 7.00. The van der Waals surface area contributed by atoms with Gasteiger partial charge in [0.25, 0.3) is 0 Å². The molecule has 204 valence electrons. The Kier molecular flexibility index (Phi) is 6.40. The van der Waals surface area contributed by atoms with E-state index >= 15 is 4.39 Å². The van der Waals surface area contributed by atoms with Crippen LogP contribution in [0.1, 0.15) is 51.0 Å². The second-order valence-electron chi connectivity index (χ2n) is 11.2. The molecule has 9 nitrogen and oxygen atoms in total. The van der Waals surface area contributed by atoms with E-state index in [-0.39, 0.29) is 34.3 Å². The first kappa shape index (κ1) is 25.3. The number of hydrogen-bond donors (Lipinski definition) is 4. The third-order valence-corrected chi connectivity index (χ3v) is 8.35. The Morgan fingerprint density at radius 2 is 1.87 bits per heavy atom. The molecule has 0 radical (unpaired) electrons. The lowest BCUT2D eigenvalue weighted by Crippen LogP contribution is -2.50. The van der Waals surface area contributed by atoms with Gasteiger partial charge in [0.2, 0.25) is 0 Å². The number of piperidine rings is 1. The SMILES string of the molecule is CC1(O)CCCN(C2C=C3NNC(c4cc(O)ccc4F)=C(F)C3=NC(OCC34CCCN3CCC4)=N2)C1. The third-order valence-electron chi connectivity index (χ3n) is 8.35. The van der Waals surface area contributed by atoms with Crippen molar-refractivity contribution >= 4 is 17.4 Å². The molecule has 5 heterocycles. The molecule has 38 heavy (non-hydrogen) atoms. The predicted octanol–water partition coefficient (Wildman–Crippen LogP) is 2.79. The molecular weight excluding hydrogens is 494 g/mol. The number of phenolic OH excluding ortho intramolecular Hbond substituents is 1. The smallest absolute Gasteiger partial charge is 0.314 e. The number of rotatable bonds is 4. The maximum atomic E-state index is 16.0. The summed E-state index contributed by atoms with van der Waals surface area (Å²) in [5, 5.41) is 20.6. The molecule has 0 aromatic heterocycles. The van der Waals surface area contributed by atoms with E-state index in [1.165, 1.54) is 6.07 Å². The number of phenols is 1. The standard InChI is InChI=1S/C27H34F2N6O3/c1-26(37)7-2-10-34(15-26)21-14-20-24(22(29)23(33-32-20)18-13-17(36)5-6-19(18)28)31-25(30-21)38-16-27-8-3-11-35(27)12-4-9-27/h5-6,13-14,21,32-33,36-37H,2-4,7-12,15-16H2,1H3. The largest absolute Gasteiger partial charge is 0.508 e. The summed E-state index contributed by atoms with van der Waals surface area (Å²) in [6, 6.07) is 3.50. The number of aliphatic hydroxyl groups is 1. The van der Waals surface area contributed by atoms with Crippen LogP contribution in [0.15, 0.2) is 45.8 Å². The van der Waals surface area contributed by atoms with Crippen LogP contribution in [0.25, 0.3) is 5.70 Å². The molecule has 3 saturated heterocycles. The molecule has 0 bridgehead atoms. The van der Waals surface area contributed by atoms with E-state index < -0.39 is 23.4 Å². The number of hydrazine groups is 1. The number of nitrogens with one attached hydrogen (secondary N) is 2. The molecule has 2 unspecified atom stereocenters. The molecule has 0 aliphatic carbocycles. The van der Waals surface area contributed by atoms with E-state index in [0.29, 0.717) is 31.8 Å². The van der Waals surface area contributed by atoms with Gasteiger partial charge in [0, 0.05) is 18.7 Å². The summed E-state index contributed by atoms with van der Waals surface area (Å²) >= 11 is 0. The molecule has 4 N–H and O–H groups in total. The fourth-order valence-electron chi connectivity index (χ4n) is 6.43. The number of allylic oxidation sites excluding steroid dienone is 1. The van der Waals surface area contributed by atoms with E-state index in [9.17, 15) is 14.6 Å². The van der Waals surface area contributed by atoms with Crippen LogP contribution in [0, 0.1) is 5.82 Å². The van der Waals surface area contributed by atoms with Gasteiger partial charge in [-0.3, -0.25) is 20.7 Å². The number of amidine groups is 1. The quantitative estimate of drug-likeness (QED) is 0.477. The summed E-state index contributed by atoms with van der Waals surface area (Å²) in [6.45, 7) is 5.42. The number of aromatic hydroxyl groups is 1. The Balaban J connectivity index is 1.36. The van der Waals surface area contributed by atoms with Gasteiger partial charge in [-0.1, -0.05) is 0 Å². The Morgan fingerprint density at radius 1 is 1.11 bits per heavy atom. The number of β-amino-alcohol motifs (C(OH)–C–C–N with tert-alkyl or cyclic N) is 1. The lowest BCUT2D eigenvalue weighted by atomic mass is 9.94. The Bertz CT molecular complexity index is 1230. The monoisotopic (exact) mass is 528 g/mol. The van der Waals surface area contributed by atoms with E-state index in [4.69, 9.17) is 9.73 Å². The Morgan fingerprint density at radius 3 is 2.63 bits per heavy atom. The van der Waals surface area contributed by atoms with E-state index in [1.54, 1.807) is 13.0 Å². The van der Waals surface area contributed by atoms with Crippen LogP contribution in [0.3, 0.4) is 0 Å². The summed E-state index contributed by atoms with van der Waals surface area (Å²) in [5.74, 6) is -1.67. The third kappa shape index (κ3) is 4.67. The fraction of sp³-hybridized carbons (Fsp3) is 0.556. The van der Waals surface area contributed by atoms with Crippen molar-refractivity contribution in [3.05, 3.63) is 47.2 Å². The molecule has 5 aliphatic rings. The molecule has 1 aromatic carbocycles. The van der Waals surface area contributed by atoms with Crippen LogP contribution in [-0.2, 0) is 4.74 Å². The first-order valence-electron chi connectivity index (χ1n) is 13.4. The van der Waals surface area contributed by atoms with Crippen molar-refractivity contribution in [2.24, 2.45) is 9.98 Å². The molecule has 0 spiro atoms.